The summed E-state index contributed by atoms with van der Waals surface area (Å²) >= 11 is 0. The lowest BCUT2D eigenvalue weighted by Crippen LogP contribution is -2.59. The Morgan fingerprint density at radius 1 is 1.17 bits per heavy atom. The Kier molecular flexibility index (Phi) is 5.42. The number of hydrogen-bond acceptors (Lipinski definition) is 6. The number of carbonyl (C=O) groups excluding carboxylic acids is 3. The van der Waals surface area contributed by atoms with Crippen molar-refractivity contribution in [2.45, 2.75) is 38.8 Å². The quantitative estimate of drug-likeness (QED) is 0.552. The molecule has 1 unspecified atom stereocenters. The Labute approximate surface area is 199 Å². The molecule has 2 fully saturated rings. The largest absolute Gasteiger partial charge is 0.358 e. The van der Waals surface area contributed by atoms with Gasteiger partial charge in [-0.3, -0.25) is 19.2 Å². The first-order chi connectivity index (χ1) is 16.7. The molecule has 0 radical (unpaired) electrons. The molecule has 1 aliphatic heterocycles. The molecule has 5 rings (SSSR count). The predicted molar refractivity (Wildman–Crippen MR) is 123 cm³/mol. The van der Waals surface area contributed by atoms with E-state index in [-0.39, 0.29) is 47.2 Å². The van der Waals surface area contributed by atoms with Crippen molar-refractivity contribution in [1.82, 2.24) is 19.9 Å². The average Bonchev–Trinajstić information content (AvgIpc) is 3.50. The number of halogens is 1. The fourth-order valence-corrected chi connectivity index (χ4v) is 4.43. The number of aromatic amines is 1. The summed E-state index contributed by atoms with van der Waals surface area (Å²) < 4.78 is 18.5. The number of hydrogen-bond donors (Lipinski definition) is 2. The van der Waals surface area contributed by atoms with Gasteiger partial charge in [0.05, 0.1) is 17.9 Å². The maximum atomic E-state index is 13.6. The van der Waals surface area contributed by atoms with Crippen LogP contribution in [0.15, 0.2) is 45.8 Å². The number of nitrogens with one attached hydrogen (secondary N) is 2. The smallest absolute Gasteiger partial charge is 0.313 e. The number of H-pyrrole nitrogens is 1. The summed E-state index contributed by atoms with van der Waals surface area (Å²) in [6.45, 7) is 4.09. The van der Waals surface area contributed by atoms with Gasteiger partial charge < -0.3 is 19.6 Å². The Morgan fingerprint density at radius 2 is 1.89 bits per heavy atom. The molecular weight excluding hydrogens is 457 g/mol. The van der Waals surface area contributed by atoms with E-state index in [9.17, 15) is 23.6 Å². The number of anilines is 1. The minimum atomic E-state index is -0.917. The molecule has 2 aliphatic rings. The van der Waals surface area contributed by atoms with E-state index in [1.807, 2.05) is 13.8 Å². The highest BCUT2D eigenvalue weighted by molar-refractivity contribution is 6.39. The molecule has 0 spiro atoms. The SMILES string of the molecule is C[C@H]1CN(C(=O)C(=O)Nc2cnc3o[nH]c(=O)c3c2)C(c2ccc(F)cc2)CN1C(=O)C1(C)CC1. The first-order valence-electron chi connectivity index (χ1n) is 11.3. The van der Waals surface area contributed by atoms with E-state index in [4.69, 9.17) is 4.52 Å². The van der Waals surface area contributed by atoms with Crippen molar-refractivity contribution in [3.63, 3.8) is 0 Å². The average molecular weight is 481 g/mol. The number of rotatable bonds is 3. The molecule has 35 heavy (non-hydrogen) atoms. The van der Waals surface area contributed by atoms with Gasteiger partial charge in [0.25, 0.3) is 11.3 Å². The molecule has 1 saturated heterocycles. The molecule has 182 valence electrons. The summed E-state index contributed by atoms with van der Waals surface area (Å²) in [5, 5.41) is 4.77. The van der Waals surface area contributed by atoms with Crippen LogP contribution in [-0.4, -0.2) is 56.8 Å². The molecule has 1 aromatic carbocycles. The van der Waals surface area contributed by atoms with E-state index >= 15 is 0 Å². The van der Waals surface area contributed by atoms with E-state index in [0.29, 0.717) is 5.56 Å². The van der Waals surface area contributed by atoms with Crippen LogP contribution in [0, 0.1) is 11.2 Å². The highest BCUT2D eigenvalue weighted by Gasteiger charge is 2.50. The standard InChI is InChI=1S/C24H24FN5O5/c1-13-11-30(22(33)20(32)27-16-9-17-19(31)28-35-21(17)26-10-16)18(14-3-5-15(25)6-4-14)12-29(13)23(34)24(2)7-8-24/h3-6,9-10,13,18H,7-8,11-12H2,1-2H3,(H,27,32)(H,28,31)/t13-,18?/m0/s1. The number of carbonyl (C=O) groups is 3. The van der Waals surface area contributed by atoms with E-state index in [1.54, 1.807) is 17.0 Å². The zero-order chi connectivity index (χ0) is 24.9. The fourth-order valence-electron chi connectivity index (χ4n) is 4.43. The molecule has 3 heterocycles. The van der Waals surface area contributed by atoms with Gasteiger partial charge >= 0.3 is 11.8 Å². The second kappa shape index (κ2) is 8.33. The lowest BCUT2D eigenvalue weighted by atomic mass is 9.97. The van der Waals surface area contributed by atoms with Crippen LogP contribution in [0.3, 0.4) is 0 Å². The molecule has 11 heteroatoms. The number of benzene rings is 1. The molecular formula is C24H24FN5O5. The van der Waals surface area contributed by atoms with Crippen molar-refractivity contribution >= 4 is 34.5 Å². The highest BCUT2D eigenvalue weighted by atomic mass is 19.1. The van der Waals surface area contributed by atoms with Crippen LogP contribution in [0.1, 0.15) is 38.3 Å². The molecule has 2 aromatic heterocycles. The number of pyridine rings is 1. The van der Waals surface area contributed by atoms with E-state index in [2.05, 4.69) is 15.5 Å². The third-order valence-corrected chi connectivity index (χ3v) is 6.82. The third kappa shape index (κ3) is 4.17. The van der Waals surface area contributed by atoms with Crippen molar-refractivity contribution in [1.29, 1.82) is 0 Å². The van der Waals surface area contributed by atoms with Crippen molar-refractivity contribution in [3.8, 4) is 0 Å². The highest BCUT2D eigenvalue weighted by Crippen LogP contribution is 2.47. The summed E-state index contributed by atoms with van der Waals surface area (Å²) in [5.74, 6) is -2.13. The van der Waals surface area contributed by atoms with Crippen molar-refractivity contribution < 1.29 is 23.3 Å². The summed E-state index contributed by atoms with van der Waals surface area (Å²) in [6, 6.07) is 6.10. The number of aromatic nitrogens is 2. The van der Waals surface area contributed by atoms with Crippen LogP contribution in [0.2, 0.25) is 0 Å². The number of amides is 3. The topological polar surface area (TPSA) is 129 Å². The molecule has 10 nitrogen and oxygen atoms in total. The van der Waals surface area contributed by atoms with Crippen molar-refractivity contribution in [3.05, 3.63) is 58.3 Å². The van der Waals surface area contributed by atoms with Crippen LogP contribution in [0.5, 0.6) is 0 Å². The van der Waals surface area contributed by atoms with Crippen LogP contribution >= 0.6 is 0 Å². The molecule has 2 atom stereocenters. The zero-order valence-electron chi connectivity index (χ0n) is 19.2. The lowest BCUT2D eigenvalue weighted by molar-refractivity contribution is -0.153. The van der Waals surface area contributed by atoms with E-state index in [0.717, 1.165) is 12.8 Å². The maximum Gasteiger partial charge on any atom is 0.313 e. The van der Waals surface area contributed by atoms with Gasteiger partial charge in [0.2, 0.25) is 5.91 Å². The second-order valence-electron chi connectivity index (χ2n) is 9.46. The minimum absolute atomic E-state index is 0.0263. The van der Waals surface area contributed by atoms with Crippen LogP contribution in [-0.2, 0) is 14.4 Å². The molecule has 3 aromatic rings. The van der Waals surface area contributed by atoms with Gasteiger partial charge in [0.1, 0.15) is 11.2 Å². The van der Waals surface area contributed by atoms with Gasteiger partial charge in [0.15, 0.2) is 0 Å². The van der Waals surface area contributed by atoms with Gasteiger partial charge in [0, 0.05) is 24.5 Å². The molecule has 1 aliphatic carbocycles. The van der Waals surface area contributed by atoms with E-state index in [1.165, 1.54) is 29.3 Å². The Hall–Kier alpha value is -4.02. The zero-order valence-corrected chi connectivity index (χ0v) is 19.2. The Balaban J connectivity index is 1.41. The van der Waals surface area contributed by atoms with Crippen molar-refractivity contribution in [2.75, 3.05) is 18.4 Å². The van der Waals surface area contributed by atoms with Gasteiger partial charge in [-0.25, -0.2) is 9.37 Å². The lowest BCUT2D eigenvalue weighted by Gasteiger charge is -2.46. The Bertz CT molecular complexity index is 1380. The van der Waals surface area contributed by atoms with Crippen LogP contribution in [0.25, 0.3) is 11.1 Å². The van der Waals surface area contributed by atoms with Gasteiger partial charge in [-0.2, -0.15) is 5.16 Å². The van der Waals surface area contributed by atoms with Gasteiger partial charge in [-0.15, -0.1) is 0 Å². The minimum Gasteiger partial charge on any atom is -0.358 e. The first-order valence-corrected chi connectivity index (χ1v) is 11.3. The second-order valence-corrected chi connectivity index (χ2v) is 9.46. The van der Waals surface area contributed by atoms with Gasteiger partial charge in [-0.05, 0) is 43.5 Å². The maximum absolute atomic E-state index is 13.6. The van der Waals surface area contributed by atoms with Crippen molar-refractivity contribution in [2.24, 2.45) is 5.41 Å². The first kappa shape index (κ1) is 22.8. The number of piperazine rings is 1. The van der Waals surface area contributed by atoms with Crippen LogP contribution in [0.4, 0.5) is 10.1 Å². The molecule has 3 amide bonds. The molecule has 1 saturated carbocycles. The molecule has 0 bridgehead atoms. The third-order valence-electron chi connectivity index (χ3n) is 6.82. The summed E-state index contributed by atoms with van der Waals surface area (Å²) in [7, 11) is 0. The van der Waals surface area contributed by atoms with Gasteiger partial charge in [-0.1, -0.05) is 19.1 Å². The summed E-state index contributed by atoms with van der Waals surface area (Å²) in [6.07, 6.45) is 2.91. The van der Waals surface area contributed by atoms with E-state index < -0.39 is 29.2 Å². The van der Waals surface area contributed by atoms with Crippen LogP contribution < -0.4 is 10.9 Å². The monoisotopic (exact) mass is 481 g/mol. The summed E-state index contributed by atoms with van der Waals surface area (Å²) in [4.78, 5) is 58.2. The normalized spacial score (nSPS) is 21.1. The fraction of sp³-hybridized carbons (Fsp3) is 0.375. The Morgan fingerprint density at radius 3 is 2.57 bits per heavy atom. The number of fused-ring (bicyclic) bond motifs is 1. The predicted octanol–water partition coefficient (Wildman–Crippen LogP) is 2.19. The summed E-state index contributed by atoms with van der Waals surface area (Å²) in [5.41, 5.74) is -0.0439. The number of nitrogens with zero attached hydrogens (tertiary/aromatic N) is 3. The molecule has 2 N–H and O–H groups in total.